The summed E-state index contributed by atoms with van der Waals surface area (Å²) in [6.45, 7) is 3.49. The molecule has 0 bridgehead atoms. The van der Waals surface area contributed by atoms with Crippen molar-refractivity contribution >= 4 is 11.7 Å². The number of aromatic nitrogens is 2. The third-order valence-electron chi connectivity index (χ3n) is 4.73. The van der Waals surface area contributed by atoms with E-state index in [1.807, 2.05) is 35.8 Å². The average molecular weight is 426 g/mol. The molecule has 0 fully saturated rings. The topological polar surface area (TPSA) is 94.2 Å². The first-order valence-corrected chi connectivity index (χ1v) is 10.3. The summed E-state index contributed by atoms with van der Waals surface area (Å²) in [4.78, 5) is 16.4. The van der Waals surface area contributed by atoms with E-state index in [1.54, 1.807) is 30.7 Å². The molecule has 7 nitrogen and oxygen atoms in total. The first-order chi connectivity index (χ1) is 15.1. The van der Waals surface area contributed by atoms with E-state index in [0.29, 0.717) is 31.9 Å². The Morgan fingerprint density at radius 3 is 2.81 bits per heavy atom. The molecular formula is C23H28FN5O2. The Balaban J connectivity index is 1.55. The van der Waals surface area contributed by atoms with Gasteiger partial charge in [0.15, 0.2) is 17.4 Å². The molecule has 8 heteroatoms. The van der Waals surface area contributed by atoms with Crippen LogP contribution in [0.1, 0.15) is 25.3 Å². The zero-order valence-electron chi connectivity index (χ0n) is 17.6. The smallest absolute Gasteiger partial charge is 0.242 e. The van der Waals surface area contributed by atoms with E-state index in [2.05, 4.69) is 15.6 Å². The molecule has 3 aromatic rings. The predicted octanol–water partition coefficient (Wildman–Crippen LogP) is 3.25. The Hall–Kier alpha value is -3.23. The van der Waals surface area contributed by atoms with Gasteiger partial charge in [0, 0.05) is 13.1 Å². The van der Waals surface area contributed by atoms with Gasteiger partial charge in [0.05, 0.1) is 17.9 Å². The number of imidazole rings is 1. The van der Waals surface area contributed by atoms with E-state index in [4.69, 9.17) is 10.5 Å². The van der Waals surface area contributed by atoms with Crippen LogP contribution in [0.15, 0.2) is 61.1 Å². The number of hydrogen-bond donors (Lipinski definition) is 3. The minimum absolute atomic E-state index is 0.239. The average Bonchev–Trinajstić information content (AvgIpc) is 3.23. The molecule has 0 saturated heterocycles. The number of nitrogens with one attached hydrogen (secondary N) is 2. The van der Waals surface area contributed by atoms with Gasteiger partial charge in [0.2, 0.25) is 5.91 Å². The monoisotopic (exact) mass is 425 g/mol. The van der Waals surface area contributed by atoms with Crippen LogP contribution in [0, 0.1) is 5.82 Å². The number of halogens is 1. The summed E-state index contributed by atoms with van der Waals surface area (Å²) >= 11 is 0. The van der Waals surface area contributed by atoms with E-state index in [-0.39, 0.29) is 17.5 Å². The van der Waals surface area contributed by atoms with Gasteiger partial charge in [-0.3, -0.25) is 4.79 Å². The Labute approximate surface area is 181 Å². The van der Waals surface area contributed by atoms with Crippen LogP contribution in [0.4, 0.5) is 10.2 Å². The molecule has 0 aliphatic carbocycles. The van der Waals surface area contributed by atoms with Crippen LogP contribution < -0.4 is 21.1 Å². The number of hydrogen-bond acceptors (Lipinski definition) is 5. The Morgan fingerprint density at radius 1 is 1.23 bits per heavy atom. The van der Waals surface area contributed by atoms with Crippen molar-refractivity contribution in [2.75, 3.05) is 18.5 Å². The zero-order valence-corrected chi connectivity index (χ0v) is 17.6. The van der Waals surface area contributed by atoms with Gasteiger partial charge >= 0.3 is 0 Å². The molecule has 1 atom stereocenters. The molecule has 0 spiro atoms. The molecule has 164 valence electrons. The Bertz CT molecular complexity index is 991. The molecule has 1 aromatic heterocycles. The van der Waals surface area contributed by atoms with Gasteiger partial charge in [-0.1, -0.05) is 43.7 Å². The molecule has 1 heterocycles. The molecular weight excluding hydrogens is 397 g/mol. The van der Waals surface area contributed by atoms with Gasteiger partial charge in [-0.2, -0.15) is 0 Å². The van der Waals surface area contributed by atoms with Gasteiger partial charge in [0.1, 0.15) is 12.9 Å². The second-order valence-corrected chi connectivity index (χ2v) is 7.13. The van der Waals surface area contributed by atoms with Gasteiger partial charge in [-0.15, -0.1) is 0 Å². The summed E-state index contributed by atoms with van der Waals surface area (Å²) in [5.41, 5.74) is 7.84. The van der Waals surface area contributed by atoms with Crippen LogP contribution in [-0.2, 0) is 11.3 Å². The van der Waals surface area contributed by atoms with E-state index in [0.717, 1.165) is 17.7 Å². The summed E-state index contributed by atoms with van der Waals surface area (Å²) in [5.74, 6) is 0.0948. The van der Waals surface area contributed by atoms with Crippen molar-refractivity contribution in [2.45, 2.75) is 32.4 Å². The molecule has 0 saturated carbocycles. The Kier molecular flexibility index (Phi) is 8.14. The van der Waals surface area contributed by atoms with Crippen LogP contribution in [0.25, 0.3) is 5.69 Å². The largest absolute Gasteiger partial charge is 0.489 e. The Morgan fingerprint density at radius 2 is 2.00 bits per heavy atom. The van der Waals surface area contributed by atoms with Crippen molar-refractivity contribution in [1.82, 2.24) is 14.9 Å². The standard InChI is InChI=1S/C23H28FN5O2/c1-2-7-19(25)23(30)28-22-15-29(16-27-22)20-10-5-3-8-17(20)14-26-12-13-31-21-11-6-4-9-18(21)24/h3-6,8-11,15-16,19,26H,2,7,12-14,25H2,1H3,(H,28,30)/t19-/m0/s1. The molecule has 0 aliphatic rings. The number of rotatable bonds is 11. The number of amides is 1. The van der Waals surface area contributed by atoms with Crippen molar-refractivity contribution in [2.24, 2.45) is 5.73 Å². The summed E-state index contributed by atoms with van der Waals surface area (Å²) in [6, 6.07) is 13.7. The second kappa shape index (κ2) is 11.2. The number of para-hydroxylation sites is 2. The van der Waals surface area contributed by atoms with Crippen molar-refractivity contribution in [3.8, 4) is 11.4 Å². The van der Waals surface area contributed by atoms with Crippen molar-refractivity contribution in [3.05, 3.63) is 72.4 Å². The molecule has 4 N–H and O–H groups in total. The van der Waals surface area contributed by atoms with Gasteiger partial charge in [0.25, 0.3) is 0 Å². The number of ether oxygens (including phenoxy) is 1. The van der Waals surface area contributed by atoms with Crippen molar-refractivity contribution in [1.29, 1.82) is 0 Å². The summed E-state index contributed by atoms with van der Waals surface area (Å²) in [6.07, 6.45) is 4.88. The fourth-order valence-corrected chi connectivity index (χ4v) is 3.11. The highest BCUT2D eigenvalue weighted by molar-refractivity contribution is 5.93. The summed E-state index contributed by atoms with van der Waals surface area (Å²) in [5, 5.41) is 6.06. The quantitative estimate of drug-likeness (QED) is 0.410. The van der Waals surface area contributed by atoms with Crippen LogP contribution in [0.3, 0.4) is 0 Å². The number of carbonyl (C=O) groups is 1. The van der Waals surface area contributed by atoms with Crippen LogP contribution >= 0.6 is 0 Å². The zero-order chi connectivity index (χ0) is 22.1. The lowest BCUT2D eigenvalue weighted by atomic mass is 10.1. The minimum Gasteiger partial charge on any atom is -0.489 e. The molecule has 2 aromatic carbocycles. The molecule has 31 heavy (non-hydrogen) atoms. The van der Waals surface area contributed by atoms with E-state index in [9.17, 15) is 9.18 Å². The number of carbonyl (C=O) groups excluding carboxylic acids is 1. The van der Waals surface area contributed by atoms with E-state index >= 15 is 0 Å². The maximum Gasteiger partial charge on any atom is 0.242 e. The first-order valence-electron chi connectivity index (χ1n) is 10.3. The third kappa shape index (κ3) is 6.37. The second-order valence-electron chi connectivity index (χ2n) is 7.13. The lowest BCUT2D eigenvalue weighted by molar-refractivity contribution is -0.117. The predicted molar refractivity (Wildman–Crippen MR) is 119 cm³/mol. The number of anilines is 1. The number of nitrogens with zero attached hydrogens (tertiary/aromatic N) is 2. The molecule has 0 radical (unpaired) electrons. The lowest BCUT2D eigenvalue weighted by Gasteiger charge is -2.12. The highest BCUT2D eigenvalue weighted by atomic mass is 19.1. The van der Waals surface area contributed by atoms with E-state index in [1.165, 1.54) is 6.07 Å². The maximum atomic E-state index is 13.6. The molecule has 0 aliphatic heterocycles. The fourth-order valence-electron chi connectivity index (χ4n) is 3.11. The molecule has 3 rings (SSSR count). The fraction of sp³-hybridized carbons (Fsp3) is 0.304. The van der Waals surface area contributed by atoms with Gasteiger partial charge in [-0.25, -0.2) is 9.37 Å². The van der Waals surface area contributed by atoms with Gasteiger partial charge < -0.3 is 25.7 Å². The van der Waals surface area contributed by atoms with Crippen LogP contribution in [-0.4, -0.2) is 34.7 Å². The molecule has 1 amide bonds. The summed E-state index contributed by atoms with van der Waals surface area (Å²) < 4.78 is 20.9. The normalized spacial score (nSPS) is 11.8. The van der Waals surface area contributed by atoms with Crippen molar-refractivity contribution in [3.63, 3.8) is 0 Å². The van der Waals surface area contributed by atoms with Crippen LogP contribution in [0.2, 0.25) is 0 Å². The highest BCUT2D eigenvalue weighted by Gasteiger charge is 2.14. The first kappa shape index (κ1) is 22.5. The number of benzene rings is 2. The third-order valence-corrected chi connectivity index (χ3v) is 4.73. The van der Waals surface area contributed by atoms with Crippen molar-refractivity contribution < 1.29 is 13.9 Å². The minimum atomic E-state index is -0.543. The van der Waals surface area contributed by atoms with Gasteiger partial charge in [-0.05, 0) is 30.2 Å². The molecule has 0 unspecified atom stereocenters. The van der Waals surface area contributed by atoms with Crippen LogP contribution in [0.5, 0.6) is 5.75 Å². The maximum absolute atomic E-state index is 13.6. The number of nitrogens with two attached hydrogens (primary N) is 1. The van der Waals surface area contributed by atoms with E-state index < -0.39 is 6.04 Å². The lowest BCUT2D eigenvalue weighted by Crippen LogP contribution is -2.35. The SMILES string of the molecule is CCC[C@H](N)C(=O)Nc1cn(-c2ccccc2CNCCOc2ccccc2F)cn1. The highest BCUT2D eigenvalue weighted by Crippen LogP contribution is 2.17. The summed E-state index contributed by atoms with van der Waals surface area (Å²) in [7, 11) is 0.